The SMILES string of the molecule is CN(C(=O)c1ccccc1NC(=S)NC(=O)c1cc([N+](=O)[O-])cc([N+](=O)[O-])c1)C1CCCCC1. The molecule has 2 aromatic carbocycles. The summed E-state index contributed by atoms with van der Waals surface area (Å²) in [6.45, 7) is 0. The van der Waals surface area contributed by atoms with Crippen LogP contribution in [0.1, 0.15) is 52.8 Å². The van der Waals surface area contributed by atoms with Gasteiger partial charge < -0.3 is 10.2 Å². The summed E-state index contributed by atoms with van der Waals surface area (Å²) in [5.74, 6) is -1.05. The van der Waals surface area contributed by atoms with E-state index < -0.39 is 27.1 Å². The minimum Gasteiger partial charge on any atom is -0.339 e. The number of rotatable bonds is 6. The molecule has 0 bridgehead atoms. The second kappa shape index (κ2) is 10.8. The Balaban J connectivity index is 1.74. The van der Waals surface area contributed by atoms with Crippen molar-refractivity contribution in [3.8, 4) is 0 Å². The lowest BCUT2D eigenvalue weighted by Crippen LogP contribution is -2.39. The number of non-ortho nitro benzene ring substituents is 2. The van der Waals surface area contributed by atoms with Crippen molar-refractivity contribution in [3.05, 3.63) is 73.8 Å². The van der Waals surface area contributed by atoms with Gasteiger partial charge in [0.2, 0.25) is 0 Å². The highest BCUT2D eigenvalue weighted by molar-refractivity contribution is 7.80. The number of amides is 2. The zero-order valence-corrected chi connectivity index (χ0v) is 19.2. The van der Waals surface area contributed by atoms with E-state index in [1.165, 1.54) is 6.42 Å². The first-order chi connectivity index (χ1) is 16.2. The fourth-order valence-corrected chi connectivity index (χ4v) is 4.07. The number of hydrogen-bond donors (Lipinski definition) is 2. The Morgan fingerprint density at radius 3 is 2.18 bits per heavy atom. The Morgan fingerprint density at radius 2 is 1.59 bits per heavy atom. The average molecular weight is 486 g/mol. The van der Waals surface area contributed by atoms with Crippen molar-refractivity contribution in [2.24, 2.45) is 0 Å². The molecule has 0 saturated heterocycles. The molecule has 11 nitrogen and oxygen atoms in total. The van der Waals surface area contributed by atoms with E-state index in [0.29, 0.717) is 11.3 Å². The standard InChI is InChI=1S/C22H23N5O6S/c1-25(15-7-3-2-4-8-15)21(29)18-9-5-6-10-19(18)23-22(34)24-20(28)14-11-16(26(30)31)13-17(12-14)27(32)33/h5-6,9-13,15H,2-4,7-8H2,1H3,(H2,23,24,28,34). The maximum Gasteiger partial charge on any atom is 0.277 e. The first-order valence-electron chi connectivity index (χ1n) is 10.6. The van der Waals surface area contributed by atoms with E-state index in [-0.39, 0.29) is 22.6 Å². The second-order valence-corrected chi connectivity index (χ2v) is 8.32. The van der Waals surface area contributed by atoms with Gasteiger partial charge in [0.05, 0.1) is 32.7 Å². The van der Waals surface area contributed by atoms with Crippen LogP contribution >= 0.6 is 12.2 Å². The van der Waals surface area contributed by atoms with Crippen LogP contribution in [0, 0.1) is 20.2 Å². The quantitative estimate of drug-likeness (QED) is 0.354. The number of nitrogens with zero attached hydrogens (tertiary/aromatic N) is 3. The summed E-state index contributed by atoms with van der Waals surface area (Å²) in [6.07, 6.45) is 5.21. The Morgan fingerprint density at radius 1 is 1.00 bits per heavy atom. The molecule has 0 unspecified atom stereocenters. The van der Waals surface area contributed by atoms with E-state index in [2.05, 4.69) is 10.6 Å². The van der Waals surface area contributed by atoms with Gasteiger partial charge in [0.15, 0.2) is 5.11 Å². The molecule has 3 rings (SSSR count). The predicted octanol–water partition coefficient (Wildman–Crippen LogP) is 4.03. The molecule has 0 spiro atoms. The average Bonchev–Trinajstić information content (AvgIpc) is 2.83. The zero-order chi connectivity index (χ0) is 24.8. The first-order valence-corrected chi connectivity index (χ1v) is 11.0. The summed E-state index contributed by atoms with van der Waals surface area (Å²) in [5.41, 5.74) is -0.741. The molecule has 2 amide bonds. The summed E-state index contributed by atoms with van der Waals surface area (Å²) in [6, 6.07) is 9.47. The van der Waals surface area contributed by atoms with Crippen molar-refractivity contribution >= 4 is 46.2 Å². The molecular weight excluding hydrogens is 462 g/mol. The van der Waals surface area contributed by atoms with Crippen LogP contribution < -0.4 is 10.6 Å². The first kappa shape index (κ1) is 24.7. The van der Waals surface area contributed by atoms with Gasteiger partial charge in [0.1, 0.15) is 0 Å². The van der Waals surface area contributed by atoms with Crippen molar-refractivity contribution in [1.29, 1.82) is 0 Å². The molecule has 2 N–H and O–H groups in total. The van der Waals surface area contributed by atoms with E-state index in [4.69, 9.17) is 12.2 Å². The zero-order valence-electron chi connectivity index (χ0n) is 18.4. The predicted molar refractivity (Wildman–Crippen MR) is 129 cm³/mol. The lowest BCUT2D eigenvalue weighted by molar-refractivity contribution is -0.394. The Hall–Kier alpha value is -3.93. The van der Waals surface area contributed by atoms with Gasteiger partial charge in [-0.2, -0.15) is 0 Å². The van der Waals surface area contributed by atoms with Crippen molar-refractivity contribution in [2.45, 2.75) is 38.1 Å². The highest BCUT2D eigenvalue weighted by atomic mass is 32.1. The van der Waals surface area contributed by atoms with Gasteiger partial charge in [0, 0.05) is 25.2 Å². The summed E-state index contributed by atoms with van der Waals surface area (Å²) in [7, 11) is 1.77. The van der Waals surface area contributed by atoms with Crippen LogP contribution in [0.15, 0.2) is 42.5 Å². The summed E-state index contributed by atoms with van der Waals surface area (Å²) in [4.78, 5) is 47.9. The summed E-state index contributed by atoms with van der Waals surface area (Å²) in [5, 5.41) is 27.1. The molecular formula is C22H23N5O6S. The number of benzene rings is 2. The van der Waals surface area contributed by atoms with E-state index in [1.54, 1.807) is 36.2 Å². The van der Waals surface area contributed by atoms with Crippen LogP contribution in [0.5, 0.6) is 0 Å². The topological polar surface area (TPSA) is 148 Å². The molecule has 0 aliphatic heterocycles. The number of anilines is 1. The normalized spacial score (nSPS) is 13.6. The van der Waals surface area contributed by atoms with Crippen LogP contribution in [-0.2, 0) is 0 Å². The number of thiocarbonyl (C=S) groups is 1. The lowest BCUT2D eigenvalue weighted by atomic mass is 9.94. The molecule has 1 aliphatic rings. The molecule has 0 atom stereocenters. The molecule has 178 valence electrons. The molecule has 1 saturated carbocycles. The number of hydrogen-bond acceptors (Lipinski definition) is 7. The van der Waals surface area contributed by atoms with Gasteiger partial charge in [-0.05, 0) is 37.2 Å². The molecule has 1 aliphatic carbocycles. The number of carbonyl (C=O) groups excluding carboxylic acids is 2. The Kier molecular flexibility index (Phi) is 7.84. The minimum absolute atomic E-state index is 0.158. The van der Waals surface area contributed by atoms with E-state index in [9.17, 15) is 29.8 Å². The third-order valence-electron chi connectivity index (χ3n) is 5.66. The fourth-order valence-electron chi connectivity index (χ4n) is 3.87. The number of para-hydroxylation sites is 1. The number of carbonyl (C=O) groups is 2. The monoisotopic (exact) mass is 485 g/mol. The summed E-state index contributed by atoms with van der Waals surface area (Å²) >= 11 is 5.18. The van der Waals surface area contributed by atoms with Crippen molar-refractivity contribution in [2.75, 3.05) is 12.4 Å². The van der Waals surface area contributed by atoms with Gasteiger partial charge in [-0.25, -0.2) is 0 Å². The van der Waals surface area contributed by atoms with Gasteiger partial charge in [0.25, 0.3) is 23.2 Å². The van der Waals surface area contributed by atoms with E-state index in [1.807, 2.05) is 0 Å². The Labute approximate surface area is 200 Å². The van der Waals surface area contributed by atoms with Crippen LogP contribution in [-0.4, -0.2) is 44.8 Å². The van der Waals surface area contributed by atoms with E-state index >= 15 is 0 Å². The van der Waals surface area contributed by atoms with Crippen LogP contribution in [0.25, 0.3) is 0 Å². The molecule has 12 heteroatoms. The van der Waals surface area contributed by atoms with Crippen LogP contribution in [0.3, 0.4) is 0 Å². The molecule has 0 heterocycles. The molecule has 2 aromatic rings. The molecule has 0 aromatic heterocycles. The smallest absolute Gasteiger partial charge is 0.277 e. The molecule has 34 heavy (non-hydrogen) atoms. The number of nitrogens with one attached hydrogen (secondary N) is 2. The second-order valence-electron chi connectivity index (χ2n) is 7.91. The minimum atomic E-state index is -0.868. The van der Waals surface area contributed by atoms with Crippen LogP contribution in [0.2, 0.25) is 0 Å². The van der Waals surface area contributed by atoms with Crippen molar-refractivity contribution in [1.82, 2.24) is 10.2 Å². The maximum atomic E-state index is 13.1. The van der Waals surface area contributed by atoms with Gasteiger partial charge >= 0.3 is 0 Å². The molecule has 1 fully saturated rings. The summed E-state index contributed by atoms with van der Waals surface area (Å²) < 4.78 is 0. The Bertz CT molecular complexity index is 1120. The largest absolute Gasteiger partial charge is 0.339 e. The van der Waals surface area contributed by atoms with E-state index in [0.717, 1.165) is 43.9 Å². The van der Waals surface area contributed by atoms with Gasteiger partial charge in [-0.1, -0.05) is 31.4 Å². The highest BCUT2D eigenvalue weighted by Crippen LogP contribution is 2.25. The lowest BCUT2D eigenvalue weighted by Gasteiger charge is -2.31. The third kappa shape index (κ3) is 5.90. The highest BCUT2D eigenvalue weighted by Gasteiger charge is 2.25. The number of nitro benzene ring substituents is 2. The van der Waals surface area contributed by atoms with Crippen molar-refractivity contribution in [3.63, 3.8) is 0 Å². The van der Waals surface area contributed by atoms with Gasteiger partial charge in [-0.3, -0.25) is 35.1 Å². The third-order valence-corrected chi connectivity index (χ3v) is 5.87. The number of nitro groups is 2. The van der Waals surface area contributed by atoms with Gasteiger partial charge in [-0.15, -0.1) is 0 Å². The molecule has 0 radical (unpaired) electrons. The van der Waals surface area contributed by atoms with Crippen LogP contribution in [0.4, 0.5) is 17.1 Å². The van der Waals surface area contributed by atoms with Crippen molar-refractivity contribution < 1.29 is 19.4 Å². The fraction of sp³-hybridized carbons (Fsp3) is 0.318. The maximum absolute atomic E-state index is 13.1.